The van der Waals surface area contributed by atoms with Gasteiger partial charge in [0.05, 0.1) is 17.1 Å². The van der Waals surface area contributed by atoms with Crippen molar-refractivity contribution in [3.05, 3.63) is 70.3 Å². The summed E-state index contributed by atoms with van der Waals surface area (Å²) in [6, 6.07) is 9.08. The number of sulfonamides is 1. The highest BCUT2D eigenvalue weighted by molar-refractivity contribution is 7.92. The van der Waals surface area contributed by atoms with Gasteiger partial charge in [0.15, 0.2) is 6.29 Å². The lowest BCUT2D eigenvalue weighted by Gasteiger charge is -2.14. The maximum atomic E-state index is 13.8. The van der Waals surface area contributed by atoms with Crippen molar-refractivity contribution in [2.45, 2.75) is 11.2 Å². The Hall–Kier alpha value is -3.28. The summed E-state index contributed by atoms with van der Waals surface area (Å²) in [6.07, 6.45) is 0.546. The number of methoxy groups -OCH3 is 2. The first-order valence-electron chi connectivity index (χ1n) is 9.03. The molecule has 0 saturated carbocycles. The fourth-order valence-corrected chi connectivity index (χ4v) is 3.91. The van der Waals surface area contributed by atoms with Crippen molar-refractivity contribution in [3.63, 3.8) is 0 Å². The number of carbonyl (C=O) groups excluding carboxylic acids is 1. The Labute approximate surface area is 177 Å². The molecule has 0 aliphatic heterocycles. The van der Waals surface area contributed by atoms with Crippen LogP contribution in [0.5, 0.6) is 0 Å². The Kier molecular flexibility index (Phi) is 6.68. The minimum Gasteiger partial charge on any atom is -0.360 e. The number of halogens is 1. The van der Waals surface area contributed by atoms with Crippen LogP contribution in [0.15, 0.2) is 58.4 Å². The predicted molar refractivity (Wildman–Crippen MR) is 112 cm³/mol. The molecule has 1 amide bonds. The lowest BCUT2D eigenvalue weighted by Crippen LogP contribution is -2.36. The Balaban J connectivity index is 1.94. The van der Waals surface area contributed by atoms with Crippen LogP contribution in [0.2, 0.25) is 0 Å². The fourth-order valence-electron chi connectivity index (χ4n) is 2.82. The summed E-state index contributed by atoms with van der Waals surface area (Å²) in [7, 11) is -1.38. The second kappa shape index (κ2) is 9.25. The maximum absolute atomic E-state index is 13.8. The molecule has 0 radical (unpaired) electrons. The summed E-state index contributed by atoms with van der Waals surface area (Å²) in [5.41, 5.74) is -0.774. The molecule has 1 heterocycles. The van der Waals surface area contributed by atoms with E-state index in [-0.39, 0.29) is 28.1 Å². The third kappa shape index (κ3) is 4.90. The first kappa shape index (κ1) is 22.4. The van der Waals surface area contributed by atoms with E-state index in [4.69, 9.17) is 9.47 Å². The van der Waals surface area contributed by atoms with Crippen molar-refractivity contribution in [2.75, 3.05) is 25.5 Å². The number of H-pyrrole nitrogens is 1. The smallest absolute Gasteiger partial charge is 0.262 e. The largest absolute Gasteiger partial charge is 0.360 e. The summed E-state index contributed by atoms with van der Waals surface area (Å²) in [5, 5.41) is 2.49. The van der Waals surface area contributed by atoms with Crippen molar-refractivity contribution in [2.24, 2.45) is 0 Å². The molecule has 31 heavy (non-hydrogen) atoms. The molecule has 0 saturated heterocycles. The van der Waals surface area contributed by atoms with Crippen LogP contribution in [0.1, 0.15) is 10.4 Å². The molecule has 3 rings (SSSR count). The molecule has 9 nitrogen and oxygen atoms in total. The van der Waals surface area contributed by atoms with Crippen LogP contribution in [0.25, 0.3) is 10.9 Å². The molecule has 0 atom stereocenters. The van der Waals surface area contributed by atoms with Crippen molar-refractivity contribution in [1.82, 2.24) is 10.3 Å². The average Bonchev–Trinajstić information content (AvgIpc) is 2.76. The second-order valence-electron chi connectivity index (χ2n) is 6.44. The summed E-state index contributed by atoms with van der Waals surface area (Å²) in [4.78, 5) is 27.8. The van der Waals surface area contributed by atoms with Crippen molar-refractivity contribution >= 4 is 32.5 Å². The summed E-state index contributed by atoms with van der Waals surface area (Å²) >= 11 is 0. The summed E-state index contributed by atoms with van der Waals surface area (Å²) in [5.74, 6) is -1.42. The zero-order chi connectivity index (χ0) is 22.6. The van der Waals surface area contributed by atoms with Gasteiger partial charge in [-0.2, -0.15) is 0 Å². The third-order valence-electron chi connectivity index (χ3n) is 4.48. The van der Waals surface area contributed by atoms with E-state index >= 15 is 0 Å². The Morgan fingerprint density at radius 1 is 1.16 bits per heavy atom. The quantitative estimate of drug-likeness (QED) is 0.450. The van der Waals surface area contributed by atoms with Crippen molar-refractivity contribution in [1.29, 1.82) is 0 Å². The zero-order valence-corrected chi connectivity index (χ0v) is 17.5. The maximum Gasteiger partial charge on any atom is 0.262 e. The number of benzene rings is 2. The summed E-state index contributed by atoms with van der Waals surface area (Å²) in [6.45, 7) is 0.00426. The van der Waals surface area contributed by atoms with E-state index in [0.29, 0.717) is 5.52 Å². The van der Waals surface area contributed by atoms with Gasteiger partial charge in [0.1, 0.15) is 11.4 Å². The van der Waals surface area contributed by atoms with Gasteiger partial charge in [0, 0.05) is 31.3 Å². The molecular weight excluding hydrogens is 429 g/mol. The van der Waals surface area contributed by atoms with Crippen LogP contribution in [0.3, 0.4) is 0 Å². The Morgan fingerprint density at radius 2 is 1.87 bits per heavy atom. The second-order valence-corrected chi connectivity index (χ2v) is 8.12. The van der Waals surface area contributed by atoms with Gasteiger partial charge in [0.25, 0.3) is 15.9 Å². The van der Waals surface area contributed by atoms with Crippen LogP contribution < -0.4 is 15.5 Å². The van der Waals surface area contributed by atoms with E-state index in [0.717, 1.165) is 12.1 Å². The molecule has 0 aliphatic rings. The van der Waals surface area contributed by atoms with Crippen LogP contribution in [-0.2, 0) is 19.5 Å². The molecule has 0 bridgehead atoms. The molecule has 1 aromatic heterocycles. The molecule has 11 heteroatoms. The molecule has 0 aliphatic carbocycles. The normalized spacial score (nSPS) is 11.6. The number of fused-ring (bicyclic) bond motifs is 1. The first-order valence-corrected chi connectivity index (χ1v) is 10.5. The molecule has 0 spiro atoms. The minimum atomic E-state index is -4.18. The number of carbonyl (C=O) groups is 1. The highest BCUT2D eigenvalue weighted by atomic mass is 32.2. The van der Waals surface area contributed by atoms with E-state index in [1.54, 1.807) is 0 Å². The number of amides is 1. The lowest BCUT2D eigenvalue weighted by molar-refractivity contribution is -0.0974. The Bertz CT molecular complexity index is 1270. The molecule has 2 aromatic carbocycles. The molecular formula is C20H20FN3O6S. The average molecular weight is 449 g/mol. The van der Waals surface area contributed by atoms with Gasteiger partial charge >= 0.3 is 0 Å². The van der Waals surface area contributed by atoms with E-state index in [1.165, 1.54) is 50.7 Å². The van der Waals surface area contributed by atoms with Crippen LogP contribution in [0.4, 0.5) is 10.1 Å². The number of ether oxygens (including phenoxy) is 2. The molecule has 3 aromatic rings. The van der Waals surface area contributed by atoms with Crippen LogP contribution in [-0.4, -0.2) is 46.4 Å². The first-order chi connectivity index (χ1) is 14.8. The number of para-hydroxylation sites is 1. The van der Waals surface area contributed by atoms with Gasteiger partial charge in [0.2, 0.25) is 5.43 Å². The van der Waals surface area contributed by atoms with Gasteiger partial charge in [-0.1, -0.05) is 12.1 Å². The van der Waals surface area contributed by atoms with Crippen molar-refractivity contribution in [3.8, 4) is 0 Å². The molecule has 3 N–H and O–H groups in total. The number of aromatic amines is 1. The third-order valence-corrected chi connectivity index (χ3v) is 5.84. The van der Waals surface area contributed by atoms with Gasteiger partial charge in [-0.15, -0.1) is 0 Å². The number of nitrogens with one attached hydrogen (secondary N) is 3. The van der Waals surface area contributed by atoms with Crippen molar-refractivity contribution < 1.29 is 27.1 Å². The van der Waals surface area contributed by atoms with E-state index in [1.807, 2.05) is 0 Å². The Morgan fingerprint density at radius 3 is 2.55 bits per heavy atom. The van der Waals surface area contributed by atoms with E-state index < -0.39 is 33.5 Å². The van der Waals surface area contributed by atoms with Crippen LogP contribution in [0, 0.1) is 5.82 Å². The number of pyridine rings is 1. The fraction of sp³-hybridized carbons (Fsp3) is 0.200. The van der Waals surface area contributed by atoms with Crippen LogP contribution >= 0.6 is 0 Å². The number of hydrogen-bond acceptors (Lipinski definition) is 6. The predicted octanol–water partition coefficient (Wildman–Crippen LogP) is 1.82. The minimum absolute atomic E-state index is 0.00426. The number of anilines is 1. The van der Waals surface area contributed by atoms with Gasteiger partial charge in [-0.3, -0.25) is 14.3 Å². The molecule has 0 unspecified atom stereocenters. The lowest BCUT2D eigenvalue weighted by atomic mass is 10.1. The summed E-state index contributed by atoms with van der Waals surface area (Å²) < 4.78 is 51.3. The molecule has 164 valence electrons. The van der Waals surface area contributed by atoms with Gasteiger partial charge in [-0.05, 0) is 30.3 Å². The highest BCUT2D eigenvalue weighted by Gasteiger charge is 2.19. The van der Waals surface area contributed by atoms with Gasteiger partial charge in [-0.25, -0.2) is 12.8 Å². The van der Waals surface area contributed by atoms with E-state index in [2.05, 4.69) is 15.0 Å². The monoisotopic (exact) mass is 449 g/mol. The standard InChI is InChI=1S/C20H20FN3O6S/c1-29-18(30-2)11-23-20(26)14-10-22-16-8-7-12(9-13(16)19(14)25)31(27,28)24-17-6-4-3-5-15(17)21/h3-10,18,24H,11H2,1-2H3,(H,22,25)(H,23,26). The van der Waals surface area contributed by atoms with Gasteiger partial charge < -0.3 is 19.8 Å². The number of rotatable bonds is 8. The number of aromatic nitrogens is 1. The molecule has 0 fully saturated rings. The zero-order valence-electron chi connectivity index (χ0n) is 16.6. The SMILES string of the molecule is COC(CNC(=O)c1c[nH]c2ccc(S(=O)(=O)Nc3ccccc3F)cc2c1=O)OC. The highest BCUT2D eigenvalue weighted by Crippen LogP contribution is 2.21. The van der Waals surface area contributed by atoms with E-state index in [9.17, 15) is 22.4 Å². The topological polar surface area (TPSA) is 127 Å². The number of hydrogen-bond donors (Lipinski definition) is 3.